The Bertz CT molecular complexity index is 4630. The molecule has 1 N–H and O–H groups in total. The Hall–Kier alpha value is -10.5. The number of hydrogen-bond acceptors (Lipinski definition) is 22. The fraction of sp³-hybridized carbons (Fsp3) is 0.319. The van der Waals surface area contributed by atoms with E-state index in [-0.39, 0.29) is 68.5 Å². The summed E-state index contributed by atoms with van der Waals surface area (Å²) in [5, 5.41) is 12.7. The zero-order chi connectivity index (χ0) is 80.0. The van der Waals surface area contributed by atoms with Crippen LogP contribution >= 0.6 is 0 Å². The average molecular weight is 1580 g/mol. The first-order chi connectivity index (χ1) is 56.8. The van der Waals surface area contributed by atoms with Crippen LogP contribution in [0.15, 0.2) is 303 Å². The van der Waals surface area contributed by atoms with E-state index in [9.17, 15) is 19.5 Å². The first kappa shape index (κ1) is 82.1. The summed E-state index contributed by atoms with van der Waals surface area (Å²) in [5.74, 6) is -3.47. The van der Waals surface area contributed by atoms with Crippen molar-refractivity contribution in [1.29, 1.82) is 0 Å². The molecule has 14 rings (SSSR count). The van der Waals surface area contributed by atoms with Gasteiger partial charge in [-0.15, -0.1) is 0 Å². The van der Waals surface area contributed by atoms with Crippen molar-refractivity contribution in [3.63, 3.8) is 0 Å². The summed E-state index contributed by atoms with van der Waals surface area (Å²) in [5.41, 5.74) is 5.43. The molecule has 0 saturated carbocycles. The highest BCUT2D eigenvalue weighted by Gasteiger charge is 2.60. The SMILES string of the molecule is C[C@@H]1O[C@@H](O)[C@H](OC(=O)c2ccccc2)[C@H](O[C@@H]2O[C@@H](C)[C@H](OCc3ccccc3)[C@@H](OCc3ccccc3)[C@H]2O[C@@H]2O[C@@H](C)[C@H](OC(=O)c3ccccc3)[C@@H](OC(=O)c3ccccc3)[C@H]2OC(=O)c2ccccc2)[C@H]1O[C@H]1O[C@H](COCc2ccccc2)[C@@H](OCc2ccccc2)[C@H](OCc2ccccc2)[C@H]1OCc1ccccc1. The van der Waals surface area contributed by atoms with Gasteiger partial charge in [0.05, 0.1) is 86.8 Å². The molecule has 4 aliphatic heterocycles. The molecular formula is C94H94O22. The summed E-state index contributed by atoms with van der Waals surface area (Å²) >= 11 is 0. The van der Waals surface area contributed by atoms with Gasteiger partial charge in [0.15, 0.2) is 49.6 Å². The predicted molar refractivity (Wildman–Crippen MR) is 422 cm³/mol. The lowest BCUT2D eigenvalue weighted by atomic mass is 9.95. The molecule has 602 valence electrons. The van der Waals surface area contributed by atoms with E-state index in [0.29, 0.717) is 0 Å². The van der Waals surface area contributed by atoms with E-state index in [2.05, 4.69) is 0 Å². The minimum absolute atomic E-state index is 0.0178. The highest BCUT2D eigenvalue weighted by atomic mass is 16.8. The van der Waals surface area contributed by atoms with Crippen LogP contribution in [0.2, 0.25) is 0 Å². The molecule has 0 spiro atoms. The van der Waals surface area contributed by atoms with Gasteiger partial charge in [-0.1, -0.05) is 255 Å². The molecule has 10 aromatic carbocycles. The van der Waals surface area contributed by atoms with Crippen molar-refractivity contribution in [3.05, 3.63) is 359 Å². The van der Waals surface area contributed by atoms with Crippen LogP contribution in [0.1, 0.15) is 95.6 Å². The Morgan fingerprint density at radius 2 is 0.534 bits per heavy atom. The maximum absolute atomic E-state index is 15.0. The number of aliphatic hydroxyl groups is 1. The maximum Gasteiger partial charge on any atom is 0.338 e. The van der Waals surface area contributed by atoms with Crippen molar-refractivity contribution in [2.75, 3.05) is 6.61 Å². The molecule has 0 amide bonds. The number of carbonyl (C=O) groups excluding carboxylic acids is 4. The van der Waals surface area contributed by atoms with Crippen LogP contribution < -0.4 is 0 Å². The van der Waals surface area contributed by atoms with Gasteiger partial charge in [0.1, 0.15) is 54.9 Å². The van der Waals surface area contributed by atoms with Gasteiger partial charge in [-0.25, -0.2) is 19.2 Å². The van der Waals surface area contributed by atoms with E-state index in [1.54, 1.807) is 142 Å². The zero-order valence-electron chi connectivity index (χ0n) is 64.4. The number of carbonyl (C=O) groups is 4. The minimum Gasteiger partial charge on any atom is -0.452 e. The molecule has 22 nitrogen and oxygen atoms in total. The van der Waals surface area contributed by atoms with Crippen LogP contribution in [0.3, 0.4) is 0 Å². The number of hydrogen-bond donors (Lipinski definition) is 1. The Balaban J connectivity index is 0.903. The van der Waals surface area contributed by atoms with Crippen LogP contribution in [0.5, 0.6) is 0 Å². The Morgan fingerprint density at radius 3 is 0.940 bits per heavy atom. The van der Waals surface area contributed by atoms with E-state index >= 15 is 4.79 Å². The molecule has 4 heterocycles. The summed E-state index contributed by atoms with van der Waals surface area (Å²) < 4.78 is 119. The average Bonchev–Trinajstić information content (AvgIpc) is 0.751. The van der Waals surface area contributed by atoms with Gasteiger partial charge in [0.2, 0.25) is 0 Å². The van der Waals surface area contributed by atoms with Gasteiger partial charge < -0.3 is 85.6 Å². The molecule has 0 aliphatic carbocycles. The number of aliphatic hydroxyl groups excluding tert-OH is 1. The summed E-state index contributed by atoms with van der Waals surface area (Å²) in [4.78, 5) is 59.3. The third-order valence-electron chi connectivity index (χ3n) is 20.5. The third kappa shape index (κ3) is 21.6. The predicted octanol–water partition coefficient (Wildman–Crippen LogP) is 14.1. The van der Waals surface area contributed by atoms with Crippen molar-refractivity contribution in [2.24, 2.45) is 0 Å². The van der Waals surface area contributed by atoms with Crippen LogP contribution in [-0.2, 0) is 120 Å². The van der Waals surface area contributed by atoms with Crippen molar-refractivity contribution >= 4 is 23.9 Å². The standard InChI is InChI=1S/C94H94O22/c1-61-75(101-55-65-36-16-5-17-37-65)79(103-57-67-40-20-7-21-41-67)85(116-94-86(113-90(98)73-52-32-13-33-53-73)82(111-88(96)71-48-28-11-29-49-71)76(63(3)108-94)110-87(95)70-46-26-10-27-47-70)93(107-61)115-81-77(62(2)106-91(99)83(81)112-89(97)72-50-30-12-31-51-72)114-92-84(105-59-69-44-24-9-25-45-69)80(104-58-68-42-22-8-23-43-68)78(102-56-66-38-18-6-19-39-66)74(109-92)60-100-54-64-34-14-4-15-35-64/h4-53,61-63,74-86,91-94,99H,54-60H2,1-3H3/t61-,62-,63-,74+,75-,76-,77-,78+,79+,80-,81+,82+,83+,84+,85+,86+,91+,92+,93-,94-/m0/s1. The van der Waals surface area contributed by atoms with E-state index in [0.717, 1.165) is 33.4 Å². The van der Waals surface area contributed by atoms with Gasteiger partial charge in [0, 0.05) is 0 Å². The van der Waals surface area contributed by atoms with Gasteiger partial charge in [-0.05, 0) is 103 Å². The maximum atomic E-state index is 15.0. The van der Waals surface area contributed by atoms with Crippen LogP contribution in [0.4, 0.5) is 0 Å². The van der Waals surface area contributed by atoms with Gasteiger partial charge in [-0.3, -0.25) is 0 Å². The quantitative estimate of drug-likeness (QED) is 0.0297. The molecule has 10 aromatic rings. The summed E-state index contributed by atoms with van der Waals surface area (Å²) in [6, 6.07) is 90.2. The lowest BCUT2D eigenvalue weighted by Crippen LogP contribution is -2.68. The molecule has 20 atom stereocenters. The van der Waals surface area contributed by atoms with Crippen molar-refractivity contribution in [3.8, 4) is 0 Å². The Kier molecular flexibility index (Phi) is 28.9. The van der Waals surface area contributed by atoms with Crippen LogP contribution in [0.25, 0.3) is 0 Å². The molecule has 4 saturated heterocycles. The fourth-order valence-corrected chi connectivity index (χ4v) is 14.5. The van der Waals surface area contributed by atoms with Crippen molar-refractivity contribution in [1.82, 2.24) is 0 Å². The molecule has 0 bridgehead atoms. The first-order valence-electron chi connectivity index (χ1n) is 39.0. The summed E-state index contributed by atoms with van der Waals surface area (Å²) in [7, 11) is 0. The van der Waals surface area contributed by atoms with E-state index in [1.165, 1.54) is 0 Å². The molecule has 0 radical (unpaired) electrons. The smallest absolute Gasteiger partial charge is 0.338 e. The van der Waals surface area contributed by atoms with Crippen molar-refractivity contribution in [2.45, 2.75) is 183 Å². The van der Waals surface area contributed by atoms with E-state index in [1.807, 2.05) is 182 Å². The van der Waals surface area contributed by atoms with Gasteiger partial charge >= 0.3 is 23.9 Å². The molecule has 4 aliphatic rings. The summed E-state index contributed by atoms with van der Waals surface area (Å²) in [6.07, 6.45) is -28.5. The molecular weight excluding hydrogens is 1480 g/mol. The fourth-order valence-electron chi connectivity index (χ4n) is 14.5. The Morgan fingerprint density at radius 1 is 0.259 bits per heavy atom. The molecule has 116 heavy (non-hydrogen) atoms. The van der Waals surface area contributed by atoms with Gasteiger partial charge in [-0.2, -0.15) is 0 Å². The normalized spacial score (nSPS) is 27.2. The lowest BCUT2D eigenvalue weighted by molar-refractivity contribution is -0.400. The molecule has 4 fully saturated rings. The Labute approximate surface area is 674 Å². The molecule has 22 heteroatoms. The lowest BCUT2D eigenvalue weighted by Gasteiger charge is -2.51. The minimum atomic E-state index is -1.94. The largest absolute Gasteiger partial charge is 0.452 e. The third-order valence-corrected chi connectivity index (χ3v) is 20.5. The number of benzene rings is 10. The second-order valence-electron chi connectivity index (χ2n) is 28.7. The highest BCUT2D eigenvalue weighted by molar-refractivity contribution is 5.91. The van der Waals surface area contributed by atoms with E-state index in [4.69, 9.17) is 80.5 Å². The number of esters is 4. The van der Waals surface area contributed by atoms with Gasteiger partial charge in [0.25, 0.3) is 0 Å². The second kappa shape index (κ2) is 40.9. The van der Waals surface area contributed by atoms with E-state index < -0.39 is 147 Å². The topological polar surface area (TPSA) is 245 Å². The van der Waals surface area contributed by atoms with Crippen LogP contribution in [-0.4, -0.2) is 158 Å². The van der Waals surface area contributed by atoms with Crippen LogP contribution in [0, 0.1) is 0 Å². The summed E-state index contributed by atoms with van der Waals surface area (Å²) in [6.45, 7) is 5.34. The number of rotatable bonds is 33. The highest BCUT2D eigenvalue weighted by Crippen LogP contribution is 2.41. The number of ether oxygens (including phenoxy) is 17. The second-order valence-corrected chi connectivity index (χ2v) is 28.7. The van der Waals surface area contributed by atoms with Crippen molar-refractivity contribution < 1.29 is 105 Å². The monoisotopic (exact) mass is 1570 g/mol. The zero-order valence-corrected chi connectivity index (χ0v) is 64.4. The molecule has 0 unspecified atom stereocenters. The first-order valence-corrected chi connectivity index (χ1v) is 39.0. The molecule has 0 aromatic heterocycles.